The van der Waals surface area contributed by atoms with Crippen LogP contribution in [0.15, 0.2) is 0 Å². The van der Waals surface area contributed by atoms with Crippen LogP contribution in [0.2, 0.25) is 0 Å². The van der Waals surface area contributed by atoms with Crippen molar-refractivity contribution in [2.45, 2.75) is 37.8 Å². The van der Waals surface area contributed by atoms with Gasteiger partial charge in [0, 0.05) is 20.1 Å². The fourth-order valence-electron chi connectivity index (χ4n) is 2.87. The molecule has 16 heavy (non-hydrogen) atoms. The third-order valence-electron chi connectivity index (χ3n) is 3.83. The summed E-state index contributed by atoms with van der Waals surface area (Å²) >= 11 is 0. The Balaban J connectivity index is 2.25. The van der Waals surface area contributed by atoms with Gasteiger partial charge in [0.2, 0.25) is 0 Å². The predicted molar refractivity (Wildman–Crippen MR) is 54.8 cm³/mol. The van der Waals surface area contributed by atoms with Crippen molar-refractivity contribution in [1.29, 1.82) is 0 Å². The van der Waals surface area contributed by atoms with Gasteiger partial charge in [-0.05, 0) is 5.92 Å². The molecule has 92 valence electrons. The van der Waals surface area contributed by atoms with E-state index >= 15 is 0 Å². The number of methoxy groups -OCH3 is 2. The molecule has 0 unspecified atom stereocenters. The minimum atomic E-state index is -0.620. The lowest BCUT2D eigenvalue weighted by molar-refractivity contribution is -0.193. The summed E-state index contributed by atoms with van der Waals surface area (Å²) in [5, 5.41) is 10.1. The van der Waals surface area contributed by atoms with E-state index in [4.69, 9.17) is 14.2 Å². The highest BCUT2D eigenvalue weighted by molar-refractivity contribution is 5.72. The van der Waals surface area contributed by atoms with Crippen LogP contribution in [0.1, 0.15) is 13.3 Å². The van der Waals surface area contributed by atoms with Gasteiger partial charge in [0.25, 0.3) is 0 Å². The topological polar surface area (TPSA) is 65.0 Å². The molecule has 2 fully saturated rings. The molecule has 0 radical (unpaired) electrons. The molecule has 1 heterocycles. The zero-order valence-corrected chi connectivity index (χ0v) is 9.75. The molecule has 0 aromatic heterocycles. The van der Waals surface area contributed by atoms with Crippen molar-refractivity contribution in [1.82, 2.24) is 0 Å². The number of aliphatic hydroxyl groups is 1. The van der Waals surface area contributed by atoms with Crippen molar-refractivity contribution in [2.75, 3.05) is 14.2 Å². The molecular formula is C11H18O5. The van der Waals surface area contributed by atoms with E-state index in [9.17, 15) is 9.90 Å². The van der Waals surface area contributed by atoms with E-state index < -0.39 is 12.2 Å². The second-order valence-electron chi connectivity index (χ2n) is 4.57. The van der Waals surface area contributed by atoms with Crippen molar-refractivity contribution in [3.63, 3.8) is 0 Å². The third kappa shape index (κ3) is 1.63. The summed E-state index contributed by atoms with van der Waals surface area (Å²) in [5.74, 6) is -0.209. The van der Waals surface area contributed by atoms with Crippen LogP contribution in [0.4, 0.5) is 0 Å². The minimum Gasteiger partial charge on any atom is -0.459 e. The highest BCUT2D eigenvalue weighted by Gasteiger charge is 2.54. The summed E-state index contributed by atoms with van der Waals surface area (Å²) < 4.78 is 15.8. The number of carbonyl (C=O) groups is 1. The summed E-state index contributed by atoms with van der Waals surface area (Å²) in [4.78, 5) is 11.3. The number of hydrogen-bond donors (Lipinski definition) is 1. The van der Waals surface area contributed by atoms with E-state index in [1.807, 2.05) is 6.92 Å². The van der Waals surface area contributed by atoms with E-state index in [1.165, 1.54) is 7.11 Å². The molecule has 0 spiro atoms. The van der Waals surface area contributed by atoms with Crippen LogP contribution in [0.5, 0.6) is 0 Å². The molecule has 0 bridgehead atoms. The van der Waals surface area contributed by atoms with Crippen molar-refractivity contribution in [3.05, 3.63) is 0 Å². The highest BCUT2D eigenvalue weighted by Crippen LogP contribution is 2.41. The second-order valence-corrected chi connectivity index (χ2v) is 4.57. The Bertz CT molecular complexity index is 280. The van der Waals surface area contributed by atoms with Crippen molar-refractivity contribution >= 4 is 5.97 Å². The van der Waals surface area contributed by atoms with Gasteiger partial charge in [-0.25, -0.2) is 0 Å². The fraction of sp³-hybridized carbons (Fsp3) is 0.909. The Morgan fingerprint density at radius 1 is 1.31 bits per heavy atom. The monoisotopic (exact) mass is 230 g/mol. The summed E-state index contributed by atoms with van der Waals surface area (Å²) in [6.07, 6.45) is -1.37. The Labute approximate surface area is 94.7 Å². The summed E-state index contributed by atoms with van der Waals surface area (Å²) in [5.41, 5.74) is 0. The number of ether oxygens (including phenoxy) is 3. The Hall–Kier alpha value is -0.650. The molecule has 1 aliphatic heterocycles. The van der Waals surface area contributed by atoms with Crippen LogP contribution in [0.3, 0.4) is 0 Å². The van der Waals surface area contributed by atoms with Gasteiger partial charge >= 0.3 is 5.97 Å². The molecule has 1 N–H and O–H groups in total. The molecule has 2 aliphatic rings. The lowest BCUT2D eigenvalue weighted by atomic mass is 9.73. The number of fused-ring (bicyclic) bond motifs is 1. The normalized spacial score (nSPS) is 47.6. The van der Waals surface area contributed by atoms with Crippen LogP contribution >= 0.6 is 0 Å². The van der Waals surface area contributed by atoms with Gasteiger partial charge in [0.05, 0.1) is 12.5 Å². The van der Waals surface area contributed by atoms with Crippen molar-refractivity contribution in [2.24, 2.45) is 11.8 Å². The first-order valence-electron chi connectivity index (χ1n) is 5.53. The minimum absolute atomic E-state index is 0.0206. The standard InChI is InChI=1S/C11H18O5/c1-5-6-4-7(12)16-9(6)11(15-3)10(14-2)8(5)13/h5-6,8-11,13H,4H2,1-3H3/t5-,6-,8+,9-,10-,11+/m0/s1. The third-order valence-corrected chi connectivity index (χ3v) is 3.83. The van der Waals surface area contributed by atoms with Gasteiger partial charge in [0.1, 0.15) is 18.3 Å². The molecule has 1 saturated carbocycles. The van der Waals surface area contributed by atoms with E-state index in [1.54, 1.807) is 7.11 Å². The van der Waals surface area contributed by atoms with Crippen LogP contribution in [0, 0.1) is 11.8 Å². The van der Waals surface area contributed by atoms with Crippen LogP contribution < -0.4 is 0 Å². The average Bonchev–Trinajstić information content (AvgIpc) is 2.65. The first-order chi connectivity index (χ1) is 7.60. The van der Waals surface area contributed by atoms with Gasteiger partial charge in [0.15, 0.2) is 0 Å². The van der Waals surface area contributed by atoms with Crippen LogP contribution in [-0.4, -0.2) is 49.7 Å². The van der Waals surface area contributed by atoms with Gasteiger partial charge in [-0.1, -0.05) is 6.92 Å². The lowest BCUT2D eigenvalue weighted by Gasteiger charge is -2.43. The molecule has 6 atom stereocenters. The number of rotatable bonds is 2. The molecule has 0 aromatic rings. The molecule has 5 heteroatoms. The molecule has 1 saturated heterocycles. The van der Waals surface area contributed by atoms with Crippen molar-refractivity contribution < 1.29 is 24.1 Å². The number of hydrogen-bond acceptors (Lipinski definition) is 5. The quantitative estimate of drug-likeness (QED) is 0.674. The van der Waals surface area contributed by atoms with E-state index in [-0.39, 0.29) is 30.0 Å². The second kappa shape index (κ2) is 4.31. The zero-order chi connectivity index (χ0) is 11.9. The van der Waals surface area contributed by atoms with Crippen molar-refractivity contribution in [3.8, 4) is 0 Å². The van der Waals surface area contributed by atoms with Gasteiger partial charge in [-0.15, -0.1) is 0 Å². The van der Waals surface area contributed by atoms with E-state index in [0.717, 1.165) is 0 Å². The molecule has 2 rings (SSSR count). The SMILES string of the molecule is CO[C@H]1[C@@H](OC)[C@H](O)[C@@H](C)[C@@H]2CC(=O)O[C@@H]21. The number of esters is 1. The molecule has 1 aliphatic carbocycles. The van der Waals surface area contributed by atoms with Gasteiger partial charge < -0.3 is 19.3 Å². The maximum absolute atomic E-state index is 11.3. The summed E-state index contributed by atoms with van der Waals surface area (Å²) in [6.45, 7) is 1.92. The maximum atomic E-state index is 11.3. The number of aliphatic hydroxyl groups excluding tert-OH is 1. The first kappa shape index (κ1) is 11.8. The Morgan fingerprint density at radius 2 is 1.94 bits per heavy atom. The lowest BCUT2D eigenvalue weighted by Crippen LogP contribution is -2.57. The van der Waals surface area contributed by atoms with Gasteiger partial charge in [-0.2, -0.15) is 0 Å². The fourth-order valence-corrected chi connectivity index (χ4v) is 2.87. The largest absolute Gasteiger partial charge is 0.459 e. The van der Waals surface area contributed by atoms with E-state index in [0.29, 0.717) is 6.42 Å². The first-order valence-corrected chi connectivity index (χ1v) is 5.53. The molecule has 0 amide bonds. The summed E-state index contributed by atoms with van der Waals surface area (Å²) in [7, 11) is 3.08. The summed E-state index contributed by atoms with van der Waals surface area (Å²) in [6, 6.07) is 0. The van der Waals surface area contributed by atoms with E-state index in [2.05, 4.69) is 0 Å². The van der Waals surface area contributed by atoms with Crippen LogP contribution in [-0.2, 0) is 19.0 Å². The smallest absolute Gasteiger partial charge is 0.306 e. The molecule has 0 aromatic carbocycles. The average molecular weight is 230 g/mol. The number of carbonyl (C=O) groups excluding carboxylic acids is 1. The molecule has 5 nitrogen and oxygen atoms in total. The Kier molecular flexibility index (Phi) is 3.19. The Morgan fingerprint density at radius 3 is 2.50 bits per heavy atom. The maximum Gasteiger partial charge on any atom is 0.306 e. The molecular weight excluding hydrogens is 212 g/mol. The van der Waals surface area contributed by atoms with Gasteiger partial charge in [-0.3, -0.25) is 4.79 Å². The van der Waals surface area contributed by atoms with Crippen LogP contribution in [0.25, 0.3) is 0 Å². The highest BCUT2D eigenvalue weighted by atomic mass is 16.6. The zero-order valence-electron chi connectivity index (χ0n) is 9.75. The predicted octanol–water partition coefficient (Wildman–Crippen LogP) is -0.0413.